The fourth-order valence-corrected chi connectivity index (χ4v) is 2.52. The first-order chi connectivity index (χ1) is 10.6. The molecule has 2 aromatic rings. The Balaban J connectivity index is 1.86. The molecule has 0 spiro atoms. The second kappa shape index (κ2) is 8.39. The summed E-state index contributed by atoms with van der Waals surface area (Å²) in [5.74, 6) is 0.125. The van der Waals surface area contributed by atoms with Crippen LogP contribution in [0.1, 0.15) is 36.4 Å². The Morgan fingerprint density at radius 3 is 2.36 bits per heavy atom. The molecule has 0 fully saturated rings. The number of halogens is 1. The normalized spacial score (nSPS) is 11.9. The Kier molecular flexibility index (Phi) is 6.22. The van der Waals surface area contributed by atoms with Gasteiger partial charge in [-0.3, -0.25) is 4.98 Å². The Bertz CT molecular complexity index is 592. The second-order valence-corrected chi connectivity index (χ2v) is 5.66. The molecule has 4 N–H and O–H groups in total. The number of aromatic nitrogens is 1. The Labute approximate surface area is 136 Å². The van der Waals surface area contributed by atoms with Crippen molar-refractivity contribution in [1.82, 2.24) is 4.98 Å². The van der Waals surface area contributed by atoms with Gasteiger partial charge >= 0.3 is 0 Å². The zero-order valence-electron chi connectivity index (χ0n) is 12.5. The number of nitrogens with two attached hydrogens (primary N) is 2. The summed E-state index contributed by atoms with van der Waals surface area (Å²) in [4.78, 5) is 8.36. The first-order valence-electron chi connectivity index (χ1n) is 7.38. The third-order valence-corrected chi connectivity index (χ3v) is 3.75. The van der Waals surface area contributed by atoms with Crippen LogP contribution in [0.2, 0.25) is 5.02 Å². The van der Waals surface area contributed by atoms with Gasteiger partial charge in [0, 0.05) is 17.4 Å². The molecule has 2 rings (SSSR count). The fourth-order valence-electron chi connectivity index (χ4n) is 2.39. The summed E-state index contributed by atoms with van der Waals surface area (Å²) in [6.07, 6.45) is 7.60. The molecule has 4 nitrogen and oxygen atoms in total. The van der Waals surface area contributed by atoms with Gasteiger partial charge < -0.3 is 11.5 Å². The SMILES string of the molecule is NC(N)=NC(CCCCc1ccc(Cl)cc1)c1ccncc1. The highest BCUT2D eigenvalue weighted by Crippen LogP contribution is 2.23. The number of guanidine groups is 1. The number of aliphatic imine (C=N–C) groups is 1. The number of rotatable bonds is 7. The molecule has 1 aromatic heterocycles. The van der Waals surface area contributed by atoms with Gasteiger partial charge in [0.25, 0.3) is 0 Å². The highest BCUT2D eigenvalue weighted by atomic mass is 35.5. The minimum absolute atomic E-state index is 0.00165. The molecule has 0 bridgehead atoms. The van der Waals surface area contributed by atoms with Gasteiger partial charge in [-0.1, -0.05) is 30.2 Å². The van der Waals surface area contributed by atoms with E-state index in [-0.39, 0.29) is 12.0 Å². The molecule has 1 atom stereocenters. The molecular weight excluding hydrogens is 296 g/mol. The highest BCUT2D eigenvalue weighted by Gasteiger charge is 2.10. The van der Waals surface area contributed by atoms with Gasteiger partial charge in [0.2, 0.25) is 0 Å². The molecule has 0 aliphatic carbocycles. The lowest BCUT2D eigenvalue weighted by Crippen LogP contribution is -2.23. The molecule has 0 saturated heterocycles. The largest absolute Gasteiger partial charge is 0.370 e. The van der Waals surface area contributed by atoms with Gasteiger partial charge in [0.15, 0.2) is 5.96 Å². The Morgan fingerprint density at radius 2 is 1.73 bits per heavy atom. The number of nitrogens with zero attached hydrogens (tertiary/aromatic N) is 2. The van der Waals surface area contributed by atoms with Crippen LogP contribution in [-0.4, -0.2) is 10.9 Å². The van der Waals surface area contributed by atoms with Crippen molar-refractivity contribution in [3.8, 4) is 0 Å². The summed E-state index contributed by atoms with van der Waals surface area (Å²) in [7, 11) is 0. The monoisotopic (exact) mass is 316 g/mol. The van der Waals surface area contributed by atoms with E-state index in [1.165, 1.54) is 5.56 Å². The topological polar surface area (TPSA) is 77.3 Å². The minimum Gasteiger partial charge on any atom is -0.370 e. The summed E-state index contributed by atoms with van der Waals surface area (Å²) in [6.45, 7) is 0. The Hall–Kier alpha value is -2.07. The summed E-state index contributed by atoms with van der Waals surface area (Å²) < 4.78 is 0. The van der Waals surface area contributed by atoms with Crippen molar-refractivity contribution in [2.45, 2.75) is 31.7 Å². The van der Waals surface area contributed by atoms with Crippen molar-refractivity contribution < 1.29 is 0 Å². The number of benzene rings is 1. The van der Waals surface area contributed by atoms with E-state index in [0.29, 0.717) is 0 Å². The lowest BCUT2D eigenvalue weighted by atomic mass is 10.0. The van der Waals surface area contributed by atoms with Crippen LogP contribution in [0.5, 0.6) is 0 Å². The van der Waals surface area contributed by atoms with Crippen LogP contribution >= 0.6 is 11.6 Å². The fraction of sp³-hybridized carbons (Fsp3) is 0.294. The van der Waals surface area contributed by atoms with Crippen LogP contribution in [0.3, 0.4) is 0 Å². The maximum atomic E-state index is 5.89. The molecule has 1 unspecified atom stereocenters. The number of unbranched alkanes of at least 4 members (excludes halogenated alkanes) is 1. The van der Waals surface area contributed by atoms with E-state index >= 15 is 0 Å². The van der Waals surface area contributed by atoms with Crippen molar-refractivity contribution in [3.05, 3.63) is 64.9 Å². The van der Waals surface area contributed by atoms with Crippen LogP contribution in [0, 0.1) is 0 Å². The molecule has 0 radical (unpaired) electrons. The van der Waals surface area contributed by atoms with Crippen molar-refractivity contribution in [2.24, 2.45) is 16.5 Å². The van der Waals surface area contributed by atoms with Gasteiger partial charge in [-0.25, -0.2) is 4.99 Å². The Morgan fingerprint density at radius 1 is 1.05 bits per heavy atom. The number of pyridine rings is 1. The molecule has 22 heavy (non-hydrogen) atoms. The summed E-state index contributed by atoms with van der Waals surface area (Å²) in [6, 6.07) is 11.9. The lowest BCUT2D eigenvalue weighted by Gasteiger charge is -2.13. The smallest absolute Gasteiger partial charge is 0.186 e. The maximum absolute atomic E-state index is 5.89. The first-order valence-corrected chi connectivity index (χ1v) is 7.76. The van der Waals surface area contributed by atoms with Crippen molar-refractivity contribution in [1.29, 1.82) is 0 Å². The highest BCUT2D eigenvalue weighted by molar-refractivity contribution is 6.30. The first kappa shape index (κ1) is 16.3. The third kappa shape index (κ3) is 5.37. The maximum Gasteiger partial charge on any atom is 0.186 e. The van der Waals surface area contributed by atoms with Gasteiger partial charge in [0.1, 0.15) is 0 Å². The predicted molar refractivity (Wildman–Crippen MR) is 91.8 cm³/mol. The standard InChI is InChI=1S/C17H21ClN4/c18-15-7-5-13(6-8-15)3-1-2-4-16(22-17(19)20)14-9-11-21-12-10-14/h5-12,16H,1-4H2,(H4,19,20,22). The van der Waals surface area contributed by atoms with E-state index in [4.69, 9.17) is 23.1 Å². The number of aryl methyl sites for hydroxylation is 1. The van der Waals surface area contributed by atoms with Gasteiger partial charge in [0.05, 0.1) is 6.04 Å². The van der Waals surface area contributed by atoms with Crippen molar-refractivity contribution in [3.63, 3.8) is 0 Å². The summed E-state index contributed by atoms with van der Waals surface area (Å²) >= 11 is 5.89. The van der Waals surface area contributed by atoms with E-state index < -0.39 is 0 Å². The van der Waals surface area contributed by atoms with Crippen molar-refractivity contribution >= 4 is 17.6 Å². The molecule has 0 aliphatic rings. The van der Waals surface area contributed by atoms with Crippen LogP contribution in [0.15, 0.2) is 53.8 Å². The summed E-state index contributed by atoms with van der Waals surface area (Å²) in [5, 5.41) is 0.772. The molecular formula is C17H21ClN4. The predicted octanol–water partition coefficient (Wildman–Crippen LogP) is 3.46. The van der Waals surface area contributed by atoms with E-state index in [9.17, 15) is 0 Å². The van der Waals surface area contributed by atoms with E-state index in [2.05, 4.69) is 22.1 Å². The molecule has 1 aromatic carbocycles. The van der Waals surface area contributed by atoms with Crippen molar-refractivity contribution in [2.75, 3.05) is 0 Å². The second-order valence-electron chi connectivity index (χ2n) is 5.22. The third-order valence-electron chi connectivity index (χ3n) is 3.50. The quantitative estimate of drug-likeness (QED) is 0.466. The van der Waals surface area contributed by atoms with Crippen LogP contribution in [0.4, 0.5) is 0 Å². The molecule has 0 amide bonds. The van der Waals surface area contributed by atoms with Crippen LogP contribution in [0.25, 0.3) is 0 Å². The lowest BCUT2D eigenvalue weighted by molar-refractivity contribution is 0.587. The molecule has 0 saturated carbocycles. The molecule has 1 heterocycles. The van der Waals surface area contributed by atoms with Gasteiger partial charge in [-0.15, -0.1) is 0 Å². The molecule has 116 valence electrons. The molecule has 5 heteroatoms. The average molecular weight is 317 g/mol. The van der Waals surface area contributed by atoms with Crippen LogP contribution in [-0.2, 0) is 6.42 Å². The van der Waals surface area contributed by atoms with Gasteiger partial charge in [-0.05, 0) is 54.7 Å². The van der Waals surface area contributed by atoms with Gasteiger partial charge in [-0.2, -0.15) is 0 Å². The zero-order valence-corrected chi connectivity index (χ0v) is 13.2. The number of hydrogen-bond acceptors (Lipinski definition) is 2. The van der Waals surface area contributed by atoms with E-state index in [0.717, 1.165) is 36.3 Å². The number of hydrogen-bond donors (Lipinski definition) is 2. The summed E-state index contributed by atoms with van der Waals surface area (Å²) in [5.41, 5.74) is 13.5. The van der Waals surface area contributed by atoms with Crippen LogP contribution < -0.4 is 11.5 Å². The molecule has 0 aliphatic heterocycles. The van der Waals surface area contributed by atoms with E-state index in [1.54, 1.807) is 12.4 Å². The zero-order chi connectivity index (χ0) is 15.8. The average Bonchev–Trinajstić information content (AvgIpc) is 2.52. The minimum atomic E-state index is -0.00165. The van der Waals surface area contributed by atoms with E-state index in [1.807, 2.05) is 24.3 Å².